The Morgan fingerprint density at radius 1 is 0.977 bits per heavy atom. The monoisotopic (exact) mass is 611 g/mol. The van der Waals surface area contributed by atoms with Crippen LogP contribution in [0, 0.1) is 11.8 Å². The Balaban J connectivity index is 0.00000215. The number of hydrogen-bond donors (Lipinski definition) is 2. The highest BCUT2D eigenvalue weighted by Gasteiger charge is 2.34. The predicted octanol–water partition coefficient (Wildman–Crippen LogP) is 6.86. The van der Waals surface area contributed by atoms with E-state index in [0.717, 1.165) is 67.7 Å². The van der Waals surface area contributed by atoms with Crippen molar-refractivity contribution in [1.82, 2.24) is 9.80 Å². The fourth-order valence-electron chi connectivity index (χ4n) is 6.79. The van der Waals surface area contributed by atoms with Crippen molar-refractivity contribution in [2.75, 3.05) is 7.05 Å². The first-order valence-corrected chi connectivity index (χ1v) is 14.9. The van der Waals surface area contributed by atoms with Gasteiger partial charge in [0.2, 0.25) is 11.8 Å². The van der Waals surface area contributed by atoms with Crippen LogP contribution in [0.15, 0.2) is 53.5 Å². The number of primary amides is 1. The van der Waals surface area contributed by atoms with E-state index in [4.69, 9.17) is 21.2 Å². The Morgan fingerprint density at radius 2 is 1.65 bits per heavy atom. The minimum Gasteiger partial charge on any atom is -0.457 e. The normalized spacial score (nSPS) is 20.6. The number of fused-ring (bicyclic) bond motifs is 1. The van der Waals surface area contributed by atoms with Crippen molar-refractivity contribution in [3.8, 4) is 11.5 Å². The zero-order chi connectivity index (χ0) is 28.1. The summed E-state index contributed by atoms with van der Waals surface area (Å²) >= 11 is 0. The number of ether oxygens (including phenoxy) is 1. The number of hydrogen-bond acceptors (Lipinski definition) is 6. The van der Waals surface area contributed by atoms with Crippen LogP contribution >= 0.6 is 13.5 Å². The number of carbonyl (C=O) groups is 2. The summed E-state index contributed by atoms with van der Waals surface area (Å²) < 4.78 is 6.09. The molecule has 2 saturated carbocycles. The maximum Gasteiger partial charge on any atom is 0.222 e. The highest BCUT2D eigenvalue weighted by molar-refractivity contribution is 7.59. The largest absolute Gasteiger partial charge is 0.457 e. The van der Waals surface area contributed by atoms with Crippen LogP contribution in [-0.4, -0.2) is 46.7 Å². The van der Waals surface area contributed by atoms with Gasteiger partial charge in [0.25, 0.3) is 0 Å². The number of nitrogens with two attached hydrogens (primary N) is 2. The summed E-state index contributed by atoms with van der Waals surface area (Å²) in [4.78, 5) is 33.8. The van der Waals surface area contributed by atoms with E-state index in [0.29, 0.717) is 24.8 Å². The zero-order valence-corrected chi connectivity index (χ0v) is 25.1. The molecule has 0 bridgehead atoms. The maximum atomic E-state index is 13.4. The first-order valence-electron chi connectivity index (χ1n) is 14.9. The molecule has 0 unspecified atom stereocenters. The van der Waals surface area contributed by atoms with Crippen molar-refractivity contribution in [2.24, 2.45) is 28.3 Å². The fourth-order valence-corrected chi connectivity index (χ4v) is 6.79. The molecule has 5 rings (SSSR count). The third kappa shape index (κ3) is 8.91. The molecule has 0 aromatic heterocycles. The molecule has 2 fully saturated rings. The molecule has 0 spiro atoms. The van der Waals surface area contributed by atoms with Crippen molar-refractivity contribution in [3.63, 3.8) is 0 Å². The number of benzene rings is 2. The second-order valence-corrected chi connectivity index (χ2v) is 11.7. The van der Waals surface area contributed by atoms with Crippen molar-refractivity contribution in [3.05, 3.63) is 54.1 Å². The van der Waals surface area contributed by atoms with Gasteiger partial charge in [-0.05, 0) is 81.2 Å². The summed E-state index contributed by atoms with van der Waals surface area (Å²) in [6.45, 7) is 0.652. The summed E-state index contributed by atoms with van der Waals surface area (Å²) in [7, 11) is 1.91. The quantitative estimate of drug-likeness (QED) is 0.322. The lowest BCUT2D eigenvalue weighted by Crippen LogP contribution is -2.49. The topological polar surface area (TPSA) is 114 Å². The molecule has 3 aliphatic rings. The zero-order valence-electron chi connectivity index (χ0n) is 24.1. The fraction of sp³-hybridized carbons (Fsp3) is 0.559. The van der Waals surface area contributed by atoms with E-state index in [1.165, 1.54) is 19.3 Å². The molecule has 2 aromatic rings. The standard InChI is InChI=1S/C32H43N5O3.2CH4.H2S/c1-36(25-14-12-23(13-15-25)31(33)39)30(38)19-18-29(22-8-4-2-5-9-22)37-21-24-20-27(16-17-28(24)35-32(37)34)40-26-10-6-3-7-11-26;;;/h3,6-7,10-11,16-17,20,22-23,25,29H,2,4-5,8-9,12-15,18-19,21H2,1H3,(H2,33,39)(H2,34,35);2*1H4;1H2/t23?,25?,29-;;;/m0.../s1. The molecule has 2 amide bonds. The average Bonchev–Trinajstić information content (AvgIpc) is 2.98. The Hall–Kier alpha value is -3.20. The lowest BCUT2D eigenvalue weighted by atomic mass is 9.81. The molecular formula is C34H53N5O3S. The highest BCUT2D eigenvalue weighted by Crippen LogP contribution is 2.37. The van der Waals surface area contributed by atoms with Gasteiger partial charge in [0.05, 0.1) is 5.69 Å². The van der Waals surface area contributed by atoms with Gasteiger partial charge in [-0.25, -0.2) is 4.99 Å². The minimum absolute atomic E-state index is 0. The van der Waals surface area contributed by atoms with Crippen LogP contribution in [0.2, 0.25) is 0 Å². The van der Waals surface area contributed by atoms with Crippen molar-refractivity contribution < 1.29 is 14.3 Å². The maximum absolute atomic E-state index is 13.4. The molecule has 8 nitrogen and oxygen atoms in total. The van der Waals surface area contributed by atoms with Gasteiger partial charge in [0.1, 0.15) is 11.5 Å². The van der Waals surface area contributed by atoms with Gasteiger partial charge in [0.15, 0.2) is 5.96 Å². The molecule has 0 radical (unpaired) electrons. The van der Waals surface area contributed by atoms with Gasteiger partial charge < -0.3 is 26.0 Å². The van der Waals surface area contributed by atoms with Crippen LogP contribution in [-0.2, 0) is 16.1 Å². The third-order valence-corrected chi connectivity index (χ3v) is 9.19. The van der Waals surface area contributed by atoms with E-state index in [1.807, 2.05) is 54.4 Å². The van der Waals surface area contributed by atoms with Gasteiger partial charge >= 0.3 is 0 Å². The van der Waals surface area contributed by atoms with Crippen LogP contribution in [0.3, 0.4) is 0 Å². The van der Waals surface area contributed by atoms with E-state index in [-0.39, 0.29) is 58.2 Å². The number of carbonyl (C=O) groups excluding carboxylic acids is 2. The summed E-state index contributed by atoms with van der Waals surface area (Å²) in [5, 5.41) is 0. The molecule has 238 valence electrons. The van der Waals surface area contributed by atoms with Crippen molar-refractivity contribution in [1.29, 1.82) is 0 Å². The number of rotatable bonds is 9. The minimum atomic E-state index is -0.219. The third-order valence-electron chi connectivity index (χ3n) is 9.19. The Morgan fingerprint density at radius 3 is 2.30 bits per heavy atom. The van der Waals surface area contributed by atoms with Gasteiger partial charge in [-0.1, -0.05) is 52.3 Å². The molecular weight excluding hydrogens is 558 g/mol. The number of guanidine groups is 1. The number of nitrogens with zero attached hydrogens (tertiary/aromatic N) is 3. The summed E-state index contributed by atoms with van der Waals surface area (Å²) in [6, 6.07) is 16.1. The van der Waals surface area contributed by atoms with E-state index in [2.05, 4.69) is 11.0 Å². The van der Waals surface area contributed by atoms with E-state index >= 15 is 0 Å². The van der Waals surface area contributed by atoms with Crippen molar-refractivity contribution >= 4 is 37.0 Å². The van der Waals surface area contributed by atoms with E-state index < -0.39 is 0 Å². The molecule has 9 heteroatoms. The highest BCUT2D eigenvalue weighted by atomic mass is 32.1. The number of para-hydroxylation sites is 1. The first-order chi connectivity index (χ1) is 19.4. The molecule has 2 aliphatic carbocycles. The molecule has 1 aliphatic heterocycles. The van der Waals surface area contributed by atoms with Gasteiger partial charge in [-0.2, -0.15) is 13.5 Å². The molecule has 1 atom stereocenters. The second kappa shape index (κ2) is 16.6. The number of amides is 2. The van der Waals surface area contributed by atoms with Crippen LogP contribution in [0.25, 0.3) is 0 Å². The molecule has 4 N–H and O–H groups in total. The summed E-state index contributed by atoms with van der Waals surface area (Å²) in [6.07, 6.45) is 10.4. The second-order valence-electron chi connectivity index (χ2n) is 11.7. The van der Waals surface area contributed by atoms with Crippen LogP contribution in [0.5, 0.6) is 11.5 Å². The van der Waals surface area contributed by atoms with Gasteiger partial charge in [-0.3, -0.25) is 9.59 Å². The summed E-state index contributed by atoms with van der Waals surface area (Å²) in [5.41, 5.74) is 14.1. The SMILES string of the molecule is C.C.CN(C(=O)CC[C@@H](C1CCCCC1)N1Cc2cc(Oc3ccccc3)ccc2N=C1N)C1CCC(C(N)=O)CC1.S. The van der Waals surface area contributed by atoms with Gasteiger partial charge in [-0.15, -0.1) is 0 Å². The van der Waals surface area contributed by atoms with E-state index in [9.17, 15) is 9.59 Å². The van der Waals surface area contributed by atoms with Crippen LogP contribution < -0.4 is 16.2 Å². The smallest absolute Gasteiger partial charge is 0.222 e. The molecule has 0 saturated heterocycles. The predicted molar refractivity (Wildman–Crippen MR) is 181 cm³/mol. The lowest BCUT2D eigenvalue weighted by Gasteiger charge is -2.41. The Kier molecular flexibility index (Phi) is 13.9. The van der Waals surface area contributed by atoms with Crippen molar-refractivity contribution in [2.45, 2.75) is 104 Å². The average molecular weight is 612 g/mol. The lowest BCUT2D eigenvalue weighted by molar-refractivity contribution is -0.133. The Bertz CT molecular complexity index is 1210. The molecule has 1 heterocycles. The number of aliphatic imine (C=N–C) groups is 1. The summed E-state index contributed by atoms with van der Waals surface area (Å²) in [5.74, 6) is 2.47. The van der Waals surface area contributed by atoms with Gasteiger partial charge in [0, 0.05) is 43.6 Å². The van der Waals surface area contributed by atoms with E-state index in [1.54, 1.807) is 0 Å². The molecule has 2 aromatic carbocycles. The Labute approximate surface area is 265 Å². The molecule has 43 heavy (non-hydrogen) atoms. The van der Waals surface area contributed by atoms with Crippen LogP contribution in [0.1, 0.15) is 91.0 Å². The first kappa shape index (κ1) is 36.0. The van der Waals surface area contributed by atoms with Crippen LogP contribution in [0.4, 0.5) is 5.69 Å².